The van der Waals surface area contributed by atoms with Crippen LogP contribution in [0.5, 0.6) is 0 Å². The maximum Gasteiger partial charge on any atom is 0.238 e. The van der Waals surface area contributed by atoms with Crippen LogP contribution in [0.1, 0.15) is 11.7 Å². The zero-order valence-electron chi connectivity index (χ0n) is 11.5. The van der Waals surface area contributed by atoms with E-state index >= 15 is 0 Å². The number of ether oxygens (including phenoxy) is 2. The van der Waals surface area contributed by atoms with Crippen molar-refractivity contribution in [3.63, 3.8) is 0 Å². The van der Waals surface area contributed by atoms with E-state index in [0.29, 0.717) is 31.9 Å². The highest BCUT2D eigenvalue weighted by Gasteiger charge is 2.32. The summed E-state index contributed by atoms with van der Waals surface area (Å²) in [5, 5.41) is 3.02. The van der Waals surface area contributed by atoms with Crippen molar-refractivity contribution < 1.29 is 18.7 Å². The number of nitrogens with zero attached hydrogens (tertiary/aromatic N) is 1. The fourth-order valence-electron chi connectivity index (χ4n) is 2.18. The number of methoxy groups -OCH3 is 1. The molecule has 20 heavy (non-hydrogen) atoms. The molecule has 1 aromatic rings. The zero-order valence-corrected chi connectivity index (χ0v) is 11.5. The van der Waals surface area contributed by atoms with Gasteiger partial charge >= 0.3 is 0 Å². The smallest absolute Gasteiger partial charge is 0.238 e. The van der Waals surface area contributed by atoms with Gasteiger partial charge in [0.25, 0.3) is 0 Å². The minimum Gasteiger partial charge on any atom is -0.382 e. The predicted octanol–water partition coefficient (Wildman–Crippen LogP) is 0.919. The minimum absolute atomic E-state index is 0.0476. The molecule has 0 spiro atoms. The molecule has 5 nitrogen and oxygen atoms in total. The van der Waals surface area contributed by atoms with Crippen LogP contribution in [-0.4, -0.2) is 50.8 Å². The molecule has 0 aliphatic carbocycles. The van der Waals surface area contributed by atoms with E-state index in [1.807, 2.05) is 0 Å². The maximum absolute atomic E-state index is 13.8. The summed E-state index contributed by atoms with van der Waals surface area (Å²) in [5.74, 6) is -0.362. The van der Waals surface area contributed by atoms with Crippen LogP contribution in [0.25, 0.3) is 0 Å². The van der Waals surface area contributed by atoms with Gasteiger partial charge in [-0.2, -0.15) is 0 Å². The van der Waals surface area contributed by atoms with Gasteiger partial charge in [0.15, 0.2) is 0 Å². The average Bonchev–Trinajstić information content (AvgIpc) is 2.81. The summed E-state index contributed by atoms with van der Waals surface area (Å²) in [4.78, 5) is 13.5. The second kappa shape index (κ2) is 7.33. The summed E-state index contributed by atoms with van der Waals surface area (Å²) in [7, 11) is 1.60. The molecule has 1 saturated heterocycles. The Balaban J connectivity index is 1.95. The molecular formula is C14H19FN2O3. The van der Waals surface area contributed by atoms with E-state index in [0.717, 1.165) is 0 Å². The van der Waals surface area contributed by atoms with Crippen LogP contribution in [0.15, 0.2) is 24.3 Å². The lowest BCUT2D eigenvalue weighted by molar-refractivity contribution is -0.128. The molecule has 6 heteroatoms. The van der Waals surface area contributed by atoms with Crippen molar-refractivity contribution in [2.45, 2.75) is 6.17 Å². The molecule has 1 fully saturated rings. The van der Waals surface area contributed by atoms with Crippen LogP contribution < -0.4 is 5.32 Å². The van der Waals surface area contributed by atoms with Crippen molar-refractivity contribution in [2.24, 2.45) is 0 Å². The molecule has 0 aromatic heterocycles. The van der Waals surface area contributed by atoms with E-state index in [1.165, 1.54) is 6.07 Å². The van der Waals surface area contributed by atoms with Gasteiger partial charge < -0.3 is 14.4 Å². The summed E-state index contributed by atoms with van der Waals surface area (Å²) in [6, 6.07) is 6.47. The number of amides is 1. The maximum atomic E-state index is 13.8. The van der Waals surface area contributed by atoms with Gasteiger partial charge in [-0.05, 0) is 6.07 Å². The number of benzene rings is 1. The highest BCUT2D eigenvalue weighted by Crippen LogP contribution is 2.24. The number of rotatable bonds is 7. The fraction of sp³-hybridized carbons (Fsp3) is 0.500. The molecule has 0 radical (unpaired) electrons. The van der Waals surface area contributed by atoms with Crippen molar-refractivity contribution in [1.82, 2.24) is 10.2 Å². The molecule has 1 aliphatic rings. The van der Waals surface area contributed by atoms with E-state index in [-0.39, 0.29) is 18.3 Å². The number of carbonyl (C=O) groups excluding carboxylic acids is 1. The van der Waals surface area contributed by atoms with Gasteiger partial charge in [0, 0.05) is 19.2 Å². The van der Waals surface area contributed by atoms with Gasteiger partial charge in [-0.1, -0.05) is 18.2 Å². The molecule has 110 valence electrons. The van der Waals surface area contributed by atoms with E-state index in [9.17, 15) is 9.18 Å². The highest BCUT2D eigenvalue weighted by atomic mass is 19.1. The second-order valence-corrected chi connectivity index (χ2v) is 4.50. The summed E-state index contributed by atoms with van der Waals surface area (Å²) in [6.45, 7) is 2.05. The topological polar surface area (TPSA) is 50.8 Å². The van der Waals surface area contributed by atoms with Gasteiger partial charge in [0.1, 0.15) is 12.0 Å². The van der Waals surface area contributed by atoms with Crippen LogP contribution >= 0.6 is 0 Å². The van der Waals surface area contributed by atoms with Gasteiger partial charge in [0.2, 0.25) is 5.91 Å². The third-order valence-electron chi connectivity index (χ3n) is 3.19. The van der Waals surface area contributed by atoms with Crippen LogP contribution in [-0.2, 0) is 14.3 Å². The Morgan fingerprint density at radius 2 is 2.15 bits per heavy atom. The van der Waals surface area contributed by atoms with Crippen LogP contribution in [0.2, 0.25) is 0 Å². The predicted molar refractivity (Wildman–Crippen MR) is 71.6 cm³/mol. The minimum atomic E-state index is -0.422. The van der Waals surface area contributed by atoms with E-state index < -0.39 is 6.17 Å². The Hall–Kier alpha value is -1.50. The first-order valence-electron chi connectivity index (χ1n) is 6.58. The first-order valence-corrected chi connectivity index (χ1v) is 6.58. The van der Waals surface area contributed by atoms with Gasteiger partial charge in [-0.15, -0.1) is 0 Å². The van der Waals surface area contributed by atoms with Gasteiger partial charge in [0.05, 0.1) is 26.4 Å². The highest BCUT2D eigenvalue weighted by molar-refractivity contribution is 5.80. The Morgan fingerprint density at radius 1 is 1.35 bits per heavy atom. The number of halogens is 1. The Morgan fingerprint density at radius 3 is 2.90 bits per heavy atom. The SMILES string of the molecule is COCCOCCN1C(=O)CNC1c1ccccc1F. The Bertz CT molecular complexity index is 456. The van der Waals surface area contributed by atoms with Crippen molar-refractivity contribution >= 4 is 5.91 Å². The largest absolute Gasteiger partial charge is 0.382 e. The monoisotopic (exact) mass is 282 g/mol. The standard InChI is InChI=1S/C14H19FN2O3/c1-19-8-9-20-7-6-17-13(18)10-16-14(17)11-4-2-3-5-12(11)15/h2-5,14,16H,6-10H2,1H3. The lowest BCUT2D eigenvalue weighted by atomic mass is 10.1. The van der Waals surface area contributed by atoms with Crippen molar-refractivity contribution in [3.05, 3.63) is 35.6 Å². The quantitative estimate of drug-likeness (QED) is 0.756. The van der Waals surface area contributed by atoms with Crippen molar-refractivity contribution in [2.75, 3.05) is 40.0 Å². The number of nitrogens with one attached hydrogen (secondary N) is 1. The second-order valence-electron chi connectivity index (χ2n) is 4.50. The van der Waals surface area contributed by atoms with Crippen LogP contribution in [0.3, 0.4) is 0 Å². The van der Waals surface area contributed by atoms with Crippen molar-refractivity contribution in [3.8, 4) is 0 Å². The first kappa shape index (κ1) is 14.9. The molecule has 1 amide bonds. The number of hydrogen-bond acceptors (Lipinski definition) is 4. The summed E-state index contributed by atoms with van der Waals surface area (Å²) in [5.41, 5.74) is 0.482. The van der Waals surface area contributed by atoms with E-state index in [1.54, 1.807) is 30.2 Å². The lowest BCUT2D eigenvalue weighted by Crippen LogP contribution is -2.34. The van der Waals surface area contributed by atoms with Gasteiger partial charge in [-0.25, -0.2) is 4.39 Å². The Kier molecular flexibility index (Phi) is 5.46. The molecule has 1 aliphatic heterocycles. The molecule has 1 aromatic carbocycles. The zero-order chi connectivity index (χ0) is 14.4. The number of hydrogen-bond donors (Lipinski definition) is 1. The molecule has 0 bridgehead atoms. The molecular weight excluding hydrogens is 263 g/mol. The molecule has 1 N–H and O–H groups in total. The molecule has 1 unspecified atom stereocenters. The third kappa shape index (κ3) is 3.53. The van der Waals surface area contributed by atoms with E-state index in [2.05, 4.69) is 5.32 Å². The summed E-state index contributed by atoms with van der Waals surface area (Å²) in [6.07, 6.45) is -0.422. The molecule has 1 heterocycles. The molecule has 2 rings (SSSR count). The Labute approximate surface area is 117 Å². The summed E-state index contributed by atoms with van der Waals surface area (Å²) >= 11 is 0. The average molecular weight is 282 g/mol. The molecule has 0 saturated carbocycles. The number of carbonyl (C=O) groups is 1. The van der Waals surface area contributed by atoms with Crippen LogP contribution in [0, 0.1) is 5.82 Å². The first-order chi connectivity index (χ1) is 9.74. The normalized spacial score (nSPS) is 18.8. The van der Waals surface area contributed by atoms with Crippen molar-refractivity contribution in [1.29, 1.82) is 0 Å². The molecule has 1 atom stereocenters. The van der Waals surface area contributed by atoms with E-state index in [4.69, 9.17) is 9.47 Å². The summed E-state index contributed by atoms with van der Waals surface area (Å²) < 4.78 is 24.0. The van der Waals surface area contributed by atoms with Crippen LogP contribution in [0.4, 0.5) is 4.39 Å². The fourth-order valence-corrected chi connectivity index (χ4v) is 2.18. The lowest BCUT2D eigenvalue weighted by Gasteiger charge is -2.24. The third-order valence-corrected chi connectivity index (χ3v) is 3.19. The van der Waals surface area contributed by atoms with Gasteiger partial charge in [-0.3, -0.25) is 10.1 Å².